The van der Waals surface area contributed by atoms with Gasteiger partial charge in [-0.05, 0) is 74.5 Å². The molecule has 3 heterocycles. The maximum Gasteiger partial charge on any atom is 0.245 e. The van der Waals surface area contributed by atoms with Crippen molar-refractivity contribution in [2.45, 2.75) is 37.6 Å². The van der Waals surface area contributed by atoms with Crippen LogP contribution in [0.2, 0.25) is 0 Å². The van der Waals surface area contributed by atoms with Crippen LogP contribution in [0.4, 0.5) is 17.3 Å². The molecule has 194 valence electrons. The van der Waals surface area contributed by atoms with Gasteiger partial charge in [-0.1, -0.05) is 26.0 Å². The maximum absolute atomic E-state index is 11.8. The number of nitrogens with zero attached hydrogens (tertiary/aromatic N) is 5. The summed E-state index contributed by atoms with van der Waals surface area (Å²) in [5.41, 5.74) is 4.77. The number of hydrogen-bond donors (Lipinski definition) is 1. The van der Waals surface area contributed by atoms with Gasteiger partial charge in [0.15, 0.2) is 9.84 Å². The Labute approximate surface area is 218 Å². The zero-order valence-electron chi connectivity index (χ0n) is 21.6. The molecule has 0 saturated carbocycles. The third-order valence-electron chi connectivity index (χ3n) is 7.26. The number of nitrogens with one attached hydrogen (secondary N) is 1. The van der Waals surface area contributed by atoms with E-state index in [9.17, 15) is 8.42 Å². The van der Waals surface area contributed by atoms with E-state index in [0.717, 1.165) is 48.6 Å². The second kappa shape index (κ2) is 10.5. The summed E-state index contributed by atoms with van der Waals surface area (Å²) in [6, 6.07) is 19.9. The second-order valence-electron chi connectivity index (χ2n) is 9.54. The summed E-state index contributed by atoms with van der Waals surface area (Å²) in [5, 5.41) is 8.01. The zero-order valence-corrected chi connectivity index (χ0v) is 22.4. The molecule has 8 nitrogen and oxygen atoms in total. The van der Waals surface area contributed by atoms with Gasteiger partial charge >= 0.3 is 0 Å². The van der Waals surface area contributed by atoms with Crippen LogP contribution in [-0.4, -0.2) is 66.4 Å². The minimum absolute atomic E-state index is 0.297. The van der Waals surface area contributed by atoms with Crippen LogP contribution in [0.5, 0.6) is 0 Å². The molecular formula is C28H34N6O2S. The van der Waals surface area contributed by atoms with Crippen LogP contribution in [-0.2, 0) is 9.84 Å². The van der Waals surface area contributed by atoms with Crippen molar-refractivity contribution >= 4 is 32.7 Å². The van der Waals surface area contributed by atoms with Gasteiger partial charge in [-0.15, -0.1) is 5.10 Å². The number of aromatic nitrogens is 3. The monoisotopic (exact) mass is 518 g/mol. The molecule has 0 atom stereocenters. The van der Waals surface area contributed by atoms with Crippen LogP contribution in [0, 0.1) is 0 Å². The topological polar surface area (TPSA) is 82.8 Å². The summed E-state index contributed by atoms with van der Waals surface area (Å²) in [4.78, 5) is 9.81. The molecule has 1 saturated heterocycles. The number of benzene rings is 2. The highest BCUT2D eigenvalue weighted by atomic mass is 32.2. The smallest absolute Gasteiger partial charge is 0.245 e. The number of fused-ring (bicyclic) bond motifs is 1. The Balaban J connectivity index is 1.28. The van der Waals surface area contributed by atoms with Gasteiger partial charge in [-0.2, -0.15) is 0 Å². The molecule has 0 spiro atoms. The Bertz CT molecular complexity index is 1450. The van der Waals surface area contributed by atoms with E-state index in [4.69, 9.17) is 5.10 Å². The number of anilines is 3. The van der Waals surface area contributed by atoms with Gasteiger partial charge in [0.2, 0.25) is 5.95 Å². The van der Waals surface area contributed by atoms with E-state index in [1.54, 1.807) is 30.5 Å². The molecule has 1 N–H and O–H groups in total. The number of piperidine rings is 1. The SMILES string of the molecule is CCN(CC)C1CCN(c2ccc(Nc3ncc4ccc(-c5ccc(S(C)(=O)=O)cc5)n4n3)cc2)CC1. The van der Waals surface area contributed by atoms with Crippen molar-refractivity contribution in [2.75, 3.05) is 42.7 Å². The Hall–Kier alpha value is -3.43. The van der Waals surface area contributed by atoms with E-state index >= 15 is 0 Å². The summed E-state index contributed by atoms with van der Waals surface area (Å²) < 4.78 is 25.4. The first-order chi connectivity index (χ1) is 17.9. The molecule has 5 rings (SSSR count). The Morgan fingerprint density at radius 1 is 0.946 bits per heavy atom. The van der Waals surface area contributed by atoms with Crippen molar-refractivity contribution in [1.82, 2.24) is 19.5 Å². The van der Waals surface area contributed by atoms with Gasteiger partial charge in [0.1, 0.15) is 0 Å². The fourth-order valence-corrected chi connectivity index (χ4v) is 5.79. The molecule has 0 unspecified atom stereocenters. The van der Waals surface area contributed by atoms with E-state index in [0.29, 0.717) is 16.9 Å². The fourth-order valence-electron chi connectivity index (χ4n) is 5.16. The van der Waals surface area contributed by atoms with E-state index in [-0.39, 0.29) is 0 Å². The van der Waals surface area contributed by atoms with E-state index in [1.165, 1.54) is 24.8 Å². The summed E-state index contributed by atoms with van der Waals surface area (Å²) >= 11 is 0. The van der Waals surface area contributed by atoms with Crippen LogP contribution in [0.25, 0.3) is 16.8 Å². The standard InChI is InChI=1S/C28H34N6O2S/c1-4-32(5-2)24-16-18-33(19-17-24)23-10-8-22(9-11-23)30-28-29-20-25-12-15-27(34(25)31-28)21-6-13-26(14-7-21)37(3,35)36/h6-15,20,24H,4-5,16-19H2,1-3H3,(H,30,31). The number of hydrogen-bond acceptors (Lipinski definition) is 7. The normalized spacial score (nSPS) is 15.0. The third kappa shape index (κ3) is 5.47. The van der Waals surface area contributed by atoms with E-state index in [1.807, 2.05) is 16.6 Å². The molecule has 37 heavy (non-hydrogen) atoms. The highest BCUT2D eigenvalue weighted by Gasteiger charge is 2.23. The van der Waals surface area contributed by atoms with Crippen LogP contribution in [0.1, 0.15) is 26.7 Å². The lowest BCUT2D eigenvalue weighted by atomic mass is 10.0. The van der Waals surface area contributed by atoms with Crippen LogP contribution in [0.3, 0.4) is 0 Å². The molecule has 0 radical (unpaired) electrons. The molecule has 1 aliphatic heterocycles. The molecule has 2 aromatic heterocycles. The van der Waals surface area contributed by atoms with Crippen molar-refractivity contribution in [3.8, 4) is 11.3 Å². The maximum atomic E-state index is 11.8. The lowest BCUT2D eigenvalue weighted by molar-refractivity contribution is 0.186. The Kier molecular flexibility index (Phi) is 7.17. The minimum Gasteiger partial charge on any atom is -0.371 e. The van der Waals surface area contributed by atoms with Crippen molar-refractivity contribution in [3.05, 3.63) is 66.9 Å². The van der Waals surface area contributed by atoms with E-state index < -0.39 is 9.84 Å². The Morgan fingerprint density at radius 2 is 1.62 bits per heavy atom. The number of sulfone groups is 1. The lowest BCUT2D eigenvalue weighted by Gasteiger charge is -2.38. The molecule has 1 aliphatic rings. The quantitative estimate of drug-likeness (QED) is 0.357. The Morgan fingerprint density at radius 3 is 2.24 bits per heavy atom. The van der Waals surface area contributed by atoms with Crippen molar-refractivity contribution < 1.29 is 8.42 Å². The first kappa shape index (κ1) is 25.2. The van der Waals surface area contributed by atoms with Gasteiger partial charge < -0.3 is 15.1 Å². The largest absolute Gasteiger partial charge is 0.371 e. The lowest BCUT2D eigenvalue weighted by Crippen LogP contribution is -2.44. The van der Waals surface area contributed by atoms with Crippen LogP contribution in [0.15, 0.2) is 71.8 Å². The highest BCUT2D eigenvalue weighted by Crippen LogP contribution is 2.26. The molecule has 0 bridgehead atoms. The number of rotatable bonds is 8. The van der Waals surface area contributed by atoms with Crippen molar-refractivity contribution in [1.29, 1.82) is 0 Å². The minimum atomic E-state index is -3.24. The predicted molar refractivity (Wildman–Crippen MR) is 149 cm³/mol. The van der Waals surface area contributed by atoms with Gasteiger partial charge in [0.05, 0.1) is 22.3 Å². The first-order valence-electron chi connectivity index (χ1n) is 12.9. The first-order valence-corrected chi connectivity index (χ1v) is 14.8. The molecule has 4 aromatic rings. The third-order valence-corrected chi connectivity index (χ3v) is 8.39. The molecule has 1 fully saturated rings. The summed E-state index contributed by atoms with van der Waals surface area (Å²) in [6.07, 6.45) is 5.39. The molecule has 0 aliphatic carbocycles. The molecular weight excluding hydrogens is 484 g/mol. The van der Waals surface area contributed by atoms with Crippen molar-refractivity contribution in [2.24, 2.45) is 0 Å². The van der Waals surface area contributed by atoms with Gasteiger partial charge in [-0.3, -0.25) is 0 Å². The van der Waals surface area contributed by atoms with Crippen LogP contribution < -0.4 is 10.2 Å². The highest BCUT2D eigenvalue weighted by molar-refractivity contribution is 7.90. The van der Waals surface area contributed by atoms with Gasteiger partial charge in [0, 0.05) is 42.3 Å². The summed E-state index contributed by atoms with van der Waals surface area (Å²) in [5.74, 6) is 0.491. The van der Waals surface area contributed by atoms with E-state index in [2.05, 4.69) is 58.2 Å². The average molecular weight is 519 g/mol. The summed E-state index contributed by atoms with van der Waals surface area (Å²) in [7, 11) is -3.24. The predicted octanol–water partition coefficient (Wildman–Crippen LogP) is 4.85. The summed E-state index contributed by atoms with van der Waals surface area (Å²) in [6.45, 7) is 8.89. The zero-order chi connectivity index (χ0) is 26.0. The molecule has 9 heteroatoms. The molecule has 0 amide bonds. The average Bonchev–Trinajstić information content (AvgIpc) is 3.33. The van der Waals surface area contributed by atoms with Crippen molar-refractivity contribution in [3.63, 3.8) is 0 Å². The molecule has 2 aromatic carbocycles. The van der Waals surface area contributed by atoms with Crippen LogP contribution >= 0.6 is 0 Å². The van der Waals surface area contributed by atoms with Gasteiger partial charge in [0.25, 0.3) is 0 Å². The van der Waals surface area contributed by atoms with Gasteiger partial charge in [-0.25, -0.2) is 17.9 Å². The fraction of sp³-hybridized carbons (Fsp3) is 0.357. The second-order valence-corrected chi connectivity index (χ2v) is 11.6.